The van der Waals surface area contributed by atoms with E-state index in [1.807, 2.05) is 0 Å². The van der Waals surface area contributed by atoms with Gasteiger partial charge in [-0.15, -0.1) is 0 Å². The second-order valence-electron chi connectivity index (χ2n) is 20.3. The third-order valence-corrected chi connectivity index (χ3v) is 13.5. The molecule has 0 aliphatic rings. The van der Waals surface area contributed by atoms with Crippen LogP contribution in [0.1, 0.15) is 329 Å². The minimum atomic E-state index is -0.536. The van der Waals surface area contributed by atoms with E-state index in [0.29, 0.717) is 26.1 Å². The van der Waals surface area contributed by atoms with Gasteiger partial charge in [0.1, 0.15) is 6.61 Å². The van der Waals surface area contributed by atoms with E-state index in [-0.39, 0.29) is 18.5 Å². The van der Waals surface area contributed by atoms with Gasteiger partial charge in [-0.05, 0) is 44.9 Å². The van der Waals surface area contributed by atoms with E-state index in [1.54, 1.807) is 0 Å². The molecule has 0 saturated heterocycles. The van der Waals surface area contributed by atoms with Crippen LogP contribution >= 0.6 is 0 Å². The summed E-state index contributed by atoms with van der Waals surface area (Å²) in [7, 11) is 0. The summed E-state index contributed by atoms with van der Waals surface area (Å²) in [5, 5.41) is 0. The summed E-state index contributed by atoms with van der Waals surface area (Å²) in [5.74, 6) is -0.389. The minimum Gasteiger partial charge on any atom is -0.462 e. The smallest absolute Gasteiger partial charge is 0.306 e. The highest BCUT2D eigenvalue weighted by molar-refractivity contribution is 5.70. The quantitative estimate of drug-likeness (QED) is 0.0345. The average Bonchev–Trinajstić information content (AvgIpc) is 3.32. The number of hydrogen-bond acceptors (Lipinski definition) is 5. The molecule has 0 amide bonds. The van der Waals surface area contributed by atoms with Gasteiger partial charge in [0, 0.05) is 19.4 Å². The van der Waals surface area contributed by atoms with Crippen molar-refractivity contribution in [3.63, 3.8) is 0 Å². The van der Waals surface area contributed by atoms with Crippen LogP contribution < -0.4 is 0 Å². The van der Waals surface area contributed by atoms with Crippen molar-refractivity contribution in [2.45, 2.75) is 335 Å². The van der Waals surface area contributed by atoms with Gasteiger partial charge in [0.05, 0.1) is 6.61 Å². The van der Waals surface area contributed by atoms with Crippen molar-refractivity contribution < 1.29 is 23.8 Å². The fourth-order valence-corrected chi connectivity index (χ4v) is 9.02. The van der Waals surface area contributed by atoms with Gasteiger partial charge in [-0.25, -0.2) is 0 Å². The molecule has 0 aliphatic carbocycles. The third-order valence-electron chi connectivity index (χ3n) is 13.5. The highest BCUT2D eigenvalue weighted by Gasteiger charge is 2.17. The summed E-state index contributed by atoms with van der Waals surface area (Å²) in [6.07, 6.45) is 69.2. The zero-order chi connectivity index (χ0) is 47.7. The summed E-state index contributed by atoms with van der Waals surface area (Å²) >= 11 is 0. The predicted molar refractivity (Wildman–Crippen MR) is 289 cm³/mol. The Morgan fingerprint density at radius 2 is 0.667 bits per heavy atom. The normalized spacial score (nSPS) is 12.2. The largest absolute Gasteiger partial charge is 0.462 e. The number of rotatable bonds is 56. The summed E-state index contributed by atoms with van der Waals surface area (Å²) in [5.41, 5.74) is 0. The molecular weight excluding hydrogens is 813 g/mol. The lowest BCUT2D eigenvalue weighted by Gasteiger charge is -2.18. The molecule has 0 heterocycles. The first-order valence-corrected chi connectivity index (χ1v) is 29.9. The third kappa shape index (κ3) is 55.0. The Morgan fingerprint density at radius 1 is 0.333 bits per heavy atom. The summed E-state index contributed by atoms with van der Waals surface area (Å²) in [6.45, 7) is 7.83. The van der Waals surface area contributed by atoms with Gasteiger partial charge in [-0.3, -0.25) is 9.59 Å². The van der Waals surface area contributed by atoms with E-state index < -0.39 is 6.10 Å². The minimum absolute atomic E-state index is 0.0880. The monoisotopic (exact) mass is 929 g/mol. The number of esters is 2. The molecular formula is C61H116O5. The Morgan fingerprint density at radius 3 is 1.06 bits per heavy atom. The van der Waals surface area contributed by atoms with Crippen LogP contribution in [0.5, 0.6) is 0 Å². The van der Waals surface area contributed by atoms with Gasteiger partial charge in [0.15, 0.2) is 6.10 Å². The Hall–Kier alpha value is -1.62. The van der Waals surface area contributed by atoms with E-state index in [9.17, 15) is 9.59 Å². The number of ether oxygens (including phenoxy) is 3. The SMILES string of the molecule is CCC/C=C\C/C=C\CCCCCCCC(=O)OC(COCCCCCCCCCCCCCCCCCCCCCC)COC(=O)CCCCCCCCCCCCCCCCCCC. The zero-order valence-corrected chi connectivity index (χ0v) is 45.0. The van der Waals surface area contributed by atoms with E-state index >= 15 is 0 Å². The number of carbonyl (C=O) groups excluding carboxylic acids is 2. The lowest BCUT2D eigenvalue weighted by atomic mass is 10.0. The molecule has 0 N–H and O–H groups in total. The van der Waals surface area contributed by atoms with Crippen LogP contribution in [0.3, 0.4) is 0 Å². The first kappa shape index (κ1) is 64.4. The highest BCUT2D eigenvalue weighted by atomic mass is 16.6. The molecule has 66 heavy (non-hydrogen) atoms. The summed E-state index contributed by atoms with van der Waals surface area (Å²) in [4.78, 5) is 25.5. The standard InChI is InChI=1S/C61H116O5/c1-4-7-10-13-16-19-22-25-27-29-30-31-33-35-38-41-44-47-50-53-56-64-57-59(66-61(63)55-52-49-46-43-40-36-24-21-18-15-12-9-6-3)58-65-60(62)54-51-48-45-42-39-37-34-32-28-26-23-20-17-14-11-8-5-2/h12,15,21,24,59H,4-11,13-14,16-20,22-23,25-58H2,1-3H3/b15-12-,24-21-. The number of hydrogen-bond donors (Lipinski definition) is 0. The summed E-state index contributed by atoms with van der Waals surface area (Å²) in [6, 6.07) is 0. The maximum Gasteiger partial charge on any atom is 0.306 e. The van der Waals surface area contributed by atoms with Gasteiger partial charge in [0.25, 0.3) is 0 Å². The van der Waals surface area contributed by atoms with Crippen LogP contribution in [0.15, 0.2) is 24.3 Å². The molecule has 0 aromatic carbocycles. The molecule has 390 valence electrons. The van der Waals surface area contributed by atoms with Crippen LogP contribution in [0, 0.1) is 0 Å². The Bertz CT molecular complexity index is 1010. The van der Waals surface area contributed by atoms with E-state index in [1.165, 1.54) is 244 Å². The van der Waals surface area contributed by atoms with Crippen molar-refractivity contribution in [3.8, 4) is 0 Å². The van der Waals surface area contributed by atoms with Gasteiger partial charge in [0.2, 0.25) is 0 Å². The molecule has 0 radical (unpaired) electrons. The topological polar surface area (TPSA) is 61.8 Å². The van der Waals surface area contributed by atoms with Crippen molar-refractivity contribution in [3.05, 3.63) is 24.3 Å². The maximum absolute atomic E-state index is 12.8. The number of allylic oxidation sites excluding steroid dienone is 4. The van der Waals surface area contributed by atoms with Crippen LogP contribution in [0.25, 0.3) is 0 Å². The number of unbranched alkanes of at least 4 members (excludes halogenated alkanes) is 41. The van der Waals surface area contributed by atoms with Crippen LogP contribution in [-0.4, -0.2) is 37.9 Å². The fraction of sp³-hybridized carbons (Fsp3) is 0.902. The van der Waals surface area contributed by atoms with Crippen molar-refractivity contribution in [1.82, 2.24) is 0 Å². The van der Waals surface area contributed by atoms with Gasteiger partial charge in [-0.2, -0.15) is 0 Å². The van der Waals surface area contributed by atoms with Crippen molar-refractivity contribution in [2.75, 3.05) is 19.8 Å². The van der Waals surface area contributed by atoms with E-state index in [2.05, 4.69) is 45.1 Å². The Labute approximate surface area is 413 Å². The average molecular weight is 930 g/mol. The second kappa shape index (κ2) is 57.7. The highest BCUT2D eigenvalue weighted by Crippen LogP contribution is 2.17. The molecule has 5 nitrogen and oxygen atoms in total. The Balaban J connectivity index is 4.17. The molecule has 0 aromatic rings. The molecule has 0 spiro atoms. The molecule has 0 saturated carbocycles. The number of carbonyl (C=O) groups is 2. The molecule has 0 fully saturated rings. The van der Waals surface area contributed by atoms with Gasteiger partial charge < -0.3 is 14.2 Å². The van der Waals surface area contributed by atoms with Crippen LogP contribution in [0.2, 0.25) is 0 Å². The zero-order valence-electron chi connectivity index (χ0n) is 45.0. The molecule has 1 unspecified atom stereocenters. The molecule has 1 atom stereocenters. The van der Waals surface area contributed by atoms with Crippen molar-refractivity contribution in [1.29, 1.82) is 0 Å². The van der Waals surface area contributed by atoms with Gasteiger partial charge >= 0.3 is 11.9 Å². The van der Waals surface area contributed by atoms with Crippen molar-refractivity contribution in [2.24, 2.45) is 0 Å². The first-order chi connectivity index (χ1) is 32.6. The lowest BCUT2D eigenvalue weighted by molar-refractivity contribution is -0.163. The molecule has 0 rings (SSSR count). The second-order valence-corrected chi connectivity index (χ2v) is 20.3. The molecule has 5 heteroatoms. The maximum atomic E-state index is 12.8. The Kier molecular flexibility index (Phi) is 56.3. The molecule has 0 aromatic heterocycles. The molecule has 0 bridgehead atoms. The summed E-state index contributed by atoms with van der Waals surface area (Å²) < 4.78 is 17.5. The van der Waals surface area contributed by atoms with Crippen LogP contribution in [-0.2, 0) is 23.8 Å². The van der Waals surface area contributed by atoms with Crippen LogP contribution in [0.4, 0.5) is 0 Å². The van der Waals surface area contributed by atoms with E-state index in [0.717, 1.165) is 51.4 Å². The lowest BCUT2D eigenvalue weighted by Crippen LogP contribution is -2.30. The molecule has 0 aliphatic heterocycles. The van der Waals surface area contributed by atoms with Crippen molar-refractivity contribution >= 4 is 11.9 Å². The van der Waals surface area contributed by atoms with Gasteiger partial charge in [-0.1, -0.05) is 295 Å². The first-order valence-electron chi connectivity index (χ1n) is 29.9. The van der Waals surface area contributed by atoms with E-state index in [4.69, 9.17) is 14.2 Å². The fourth-order valence-electron chi connectivity index (χ4n) is 9.02. The predicted octanol–water partition coefficient (Wildman–Crippen LogP) is 20.4.